The van der Waals surface area contributed by atoms with Crippen molar-refractivity contribution < 1.29 is 9.66 Å². The summed E-state index contributed by atoms with van der Waals surface area (Å²) in [5.74, 6) is 0.197. The summed E-state index contributed by atoms with van der Waals surface area (Å²) in [6.45, 7) is 0. The molecule has 7 nitrogen and oxygen atoms in total. The van der Waals surface area contributed by atoms with E-state index in [1.165, 1.54) is 24.3 Å². The smallest absolute Gasteiger partial charge is 0.327 e. The van der Waals surface area contributed by atoms with Gasteiger partial charge in [-0.3, -0.25) is 10.1 Å². The standard InChI is InChI=1S/C9H4Cl2N4O3/c10-7-12-8(11)14-9(13-7)18-6-3-1-2-5(4-6)15(16)17/h1-4H. The summed E-state index contributed by atoms with van der Waals surface area (Å²) in [5.41, 5.74) is -0.112. The number of aromatic nitrogens is 3. The van der Waals surface area contributed by atoms with Crippen molar-refractivity contribution in [1.82, 2.24) is 15.0 Å². The quantitative estimate of drug-likeness (QED) is 0.636. The topological polar surface area (TPSA) is 91.0 Å². The van der Waals surface area contributed by atoms with E-state index in [9.17, 15) is 10.1 Å². The molecule has 9 heteroatoms. The molecule has 0 fully saturated rings. The van der Waals surface area contributed by atoms with E-state index in [1.807, 2.05) is 0 Å². The molecule has 2 rings (SSSR count). The number of hydrogen-bond acceptors (Lipinski definition) is 6. The molecular formula is C9H4Cl2N4O3. The van der Waals surface area contributed by atoms with E-state index in [0.717, 1.165) is 0 Å². The average Bonchev–Trinajstić information content (AvgIpc) is 2.27. The van der Waals surface area contributed by atoms with E-state index in [4.69, 9.17) is 27.9 Å². The fourth-order valence-corrected chi connectivity index (χ4v) is 1.47. The monoisotopic (exact) mass is 286 g/mol. The molecule has 0 spiro atoms. The van der Waals surface area contributed by atoms with Gasteiger partial charge in [-0.2, -0.15) is 15.0 Å². The van der Waals surface area contributed by atoms with Crippen LogP contribution in [0.2, 0.25) is 10.6 Å². The van der Waals surface area contributed by atoms with E-state index in [2.05, 4.69) is 15.0 Å². The lowest BCUT2D eigenvalue weighted by Gasteiger charge is -2.03. The van der Waals surface area contributed by atoms with Crippen molar-refractivity contribution in [2.24, 2.45) is 0 Å². The minimum absolute atomic E-state index is 0.112. The molecule has 0 aliphatic rings. The number of nitro groups is 1. The van der Waals surface area contributed by atoms with Crippen molar-refractivity contribution in [3.05, 3.63) is 44.9 Å². The molecule has 0 saturated heterocycles. The van der Waals surface area contributed by atoms with Crippen LogP contribution in [0.15, 0.2) is 24.3 Å². The van der Waals surface area contributed by atoms with Gasteiger partial charge in [-0.25, -0.2) is 0 Å². The molecule has 0 saturated carbocycles. The summed E-state index contributed by atoms with van der Waals surface area (Å²) in [6.07, 6.45) is 0. The molecule has 0 bridgehead atoms. The Morgan fingerprint density at radius 2 is 1.83 bits per heavy atom. The molecule has 92 valence electrons. The lowest BCUT2D eigenvalue weighted by atomic mass is 10.3. The normalized spacial score (nSPS) is 10.1. The number of nitrogens with zero attached hydrogens (tertiary/aromatic N) is 4. The zero-order valence-corrected chi connectivity index (χ0v) is 10.1. The van der Waals surface area contributed by atoms with Crippen molar-refractivity contribution in [2.75, 3.05) is 0 Å². The number of halogens is 2. The van der Waals surface area contributed by atoms with Crippen LogP contribution in [-0.2, 0) is 0 Å². The van der Waals surface area contributed by atoms with Gasteiger partial charge in [-0.15, -0.1) is 0 Å². The fourth-order valence-electron chi connectivity index (χ4n) is 1.12. The molecule has 0 radical (unpaired) electrons. The highest BCUT2D eigenvalue weighted by Crippen LogP contribution is 2.23. The van der Waals surface area contributed by atoms with Gasteiger partial charge < -0.3 is 4.74 Å². The molecule has 0 aliphatic carbocycles. The van der Waals surface area contributed by atoms with Crippen LogP contribution in [0.3, 0.4) is 0 Å². The Kier molecular flexibility index (Phi) is 3.54. The maximum Gasteiger partial charge on any atom is 0.327 e. The zero-order chi connectivity index (χ0) is 13.1. The molecule has 0 aliphatic heterocycles. The van der Waals surface area contributed by atoms with Crippen LogP contribution in [0.1, 0.15) is 0 Å². The molecule has 2 aromatic rings. The number of non-ortho nitro benzene ring substituents is 1. The van der Waals surface area contributed by atoms with Crippen molar-refractivity contribution in [1.29, 1.82) is 0 Å². The van der Waals surface area contributed by atoms with Crippen molar-refractivity contribution >= 4 is 28.9 Å². The van der Waals surface area contributed by atoms with Crippen LogP contribution in [0.4, 0.5) is 5.69 Å². The summed E-state index contributed by atoms with van der Waals surface area (Å²) < 4.78 is 5.20. The number of nitro benzene ring substituents is 1. The highest BCUT2D eigenvalue weighted by Gasteiger charge is 2.09. The highest BCUT2D eigenvalue weighted by molar-refractivity contribution is 6.31. The SMILES string of the molecule is O=[N+]([O-])c1cccc(Oc2nc(Cl)nc(Cl)n2)c1. The number of ether oxygens (including phenoxy) is 1. The highest BCUT2D eigenvalue weighted by atomic mass is 35.5. The van der Waals surface area contributed by atoms with Crippen LogP contribution in [-0.4, -0.2) is 19.9 Å². The van der Waals surface area contributed by atoms with E-state index in [1.54, 1.807) is 0 Å². The average molecular weight is 287 g/mol. The zero-order valence-electron chi connectivity index (χ0n) is 8.58. The predicted octanol–water partition coefficient (Wildman–Crippen LogP) is 2.88. The first-order chi connectivity index (χ1) is 8.54. The Balaban J connectivity index is 2.28. The minimum Gasteiger partial charge on any atom is -0.424 e. The molecule has 0 unspecified atom stereocenters. The first kappa shape index (κ1) is 12.5. The van der Waals surface area contributed by atoms with Crippen molar-refractivity contribution in [3.8, 4) is 11.8 Å². The number of rotatable bonds is 3. The largest absolute Gasteiger partial charge is 0.424 e. The van der Waals surface area contributed by atoms with Crippen LogP contribution in [0.25, 0.3) is 0 Å². The van der Waals surface area contributed by atoms with Gasteiger partial charge in [0.05, 0.1) is 11.0 Å². The molecule has 1 aromatic heterocycles. The molecular weight excluding hydrogens is 283 g/mol. The third-order valence-electron chi connectivity index (χ3n) is 1.80. The van der Waals surface area contributed by atoms with Crippen LogP contribution >= 0.6 is 23.2 Å². The maximum absolute atomic E-state index is 10.6. The van der Waals surface area contributed by atoms with Gasteiger partial charge in [-0.1, -0.05) is 6.07 Å². The van der Waals surface area contributed by atoms with Gasteiger partial charge in [-0.05, 0) is 29.3 Å². The second-order valence-corrected chi connectivity index (χ2v) is 3.69. The van der Waals surface area contributed by atoms with Gasteiger partial charge in [0.2, 0.25) is 10.6 Å². The first-order valence-electron chi connectivity index (χ1n) is 4.54. The molecule has 0 N–H and O–H groups in total. The predicted molar refractivity (Wildman–Crippen MR) is 63.0 cm³/mol. The maximum atomic E-state index is 10.6. The third-order valence-corrected chi connectivity index (χ3v) is 2.14. The van der Waals surface area contributed by atoms with Crippen LogP contribution < -0.4 is 4.74 Å². The Labute approximate surface area is 111 Å². The summed E-state index contributed by atoms with van der Waals surface area (Å²) in [4.78, 5) is 20.9. The lowest BCUT2D eigenvalue weighted by Crippen LogP contribution is -1.95. The van der Waals surface area contributed by atoms with E-state index >= 15 is 0 Å². The van der Waals surface area contributed by atoms with Gasteiger partial charge in [0, 0.05) is 6.07 Å². The van der Waals surface area contributed by atoms with E-state index in [0.29, 0.717) is 0 Å². The minimum atomic E-state index is -0.541. The lowest BCUT2D eigenvalue weighted by molar-refractivity contribution is -0.384. The second kappa shape index (κ2) is 5.11. The molecule has 1 aromatic carbocycles. The summed E-state index contributed by atoms with van der Waals surface area (Å²) in [5, 5.41) is 10.3. The van der Waals surface area contributed by atoms with Crippen molar-refractivity contribution in [3.63, 3.8) is 0 Å². The van der Waals surface area contributed by atoms with Crippen LogP contribution in [0.5, 0.6) is 11.8 Å². The van der Waals surface area contributed by atoms with Gasteiger partial charge in [0.15, 0.2) is 0 Å². The molecule has 1 heterocycles. The summed E-state index contributed by atoms with van der Waals surface area (Å²) >= 11 is 11.1. The van der Waals surface area contributed by atoms with Gasteiger partial charge >= 0.3 is 6.01 Å². The molecule has 18 heavy (non-hydrogen) atoms. The van der Waals surface area contributed by atoms with E-state index < -0.39 is 4.92 Å². The summed E-state index contributed by atoms with van der Waals surface area (Å²) in [6, 6.07) is 5.41. The van der Waals surface area contributed by atoms with Gasteiger partial charge in [0.1, 0.15) is 5.75 Å². The van der Waals surface area contributed by atoms with E-state index in [-0.39, 0.29) is 28.0 Å². The molecule has 0 amide bonds. The second-order valence-electron chi connectivity index (χ2n) is 3.01. The summed E-state index contributed by atoms with van der Waals surface area (Å²) in [7, 11) is 0. The molecule has 0 atom stereocenters. The van der Waals surface area contributed by atoms with Crippen molar-refractivity contribution in [2.45, 2.75) is 0 Å². The van der Waals surface area contributed by atoms with Gasteiger partial charge in [0.25, 0.3) is 5.69 Å². The Hall–Kier alpha value is -1.99. The first-order valence-corrected chi connectivity index (χ1v) is 5.29. The number of hydrogen-bond donors (Lipinski definition) is 0. The number of benzene rings is 1. The van der Waals surface area contributed by atoms with Crippen LogP contribution in [0, 0.1) is 10.1 Å². The Morgan fingerprint density at radius 1 is 1.17 bits per heavy atom. The Morgan fingerprint density at radius 3 is 2.44 bits per heavy atom. The third kappa shape index (κ3) is 3.02. The fraction of sp³-hybridized carbons (Fsp3) is 0. The Bertz CT molecular complexity index is 588.